The number of fused-ring (bicyclic) bond motifs is 1. The van der Waals surface area contributed by atoms with Crippen LogP contribution in [0, 0.1) is 13.8 Å². The summed E-state index contributed by atoms with van der Waals surface area (Å²) in [4.78, 5) is 18.5. The van der Waals surface area contributed by atoms with Crippen molar-refractivity contribution in [2.24, 2.45) is 4.99 Å². The van der Waals surface area contributed by atoms with E-state index in [4.69, 9.17) is 0 Å². The molecule has 0 bridgehead atoms. The summed E-state index contributed by atoms with van der Waals surface area (Å²) in [6, 6.07) is 5.97. The predicted octanol–water partition coefficient (Wildman–Crippen LogP) is 3.10. The number of thioether (sulfide) groups is 1. The number of amidine groups is 1. The molecule has 2 aliphatic heterocycles. The molecular formula is C18H24N2O3S2. The van der Waals surface area contributed by atoms with E-state index in [-0.39, 0.29) is 28.7 Å². The molecule has 0 aliphatic carbocycles. The molecule has 2 atom stereocenters. The average Bonchev–Trinajstić information content (AvgIpc) is 2.98. The first-order valence-corrected chi connectivity index (χ1v) is 11.4. The van der Waals surface area contributed by atoms with Crippen molar-refractivity contribution in [1.82, 2.24) is 0 Å². The number of amides is 1. The Morgan fingerprint density at radius 2 is 2.08 bits per heavy atom. The van der Waals surface area contributed by atoms with Gasteiger partial charge in [0.25, 0.3) is 0 Å². The second-order valence-electron chi connectivity index (χ2n) is 6.85. The fourth-order valence-electron chi connectivity index (χ4n) is 3.32. The molecule has 3 rings (SSSR count). The number of sulfone groups is 1. The topological polar surface area (TPSA) is 66.8 Å². The van der Waals surface area contributed by atoms with E-state index in [2.05, 4.69) is 11.1 Å². The highest BCUT2D eigenvalue weighted by Gasteiger charge is 2.49. The van der Waals surface area contributed by atoms with Crippen LogP contribution in [-0.2, 0) is 14.6 Å². The van der Waals surface area contributed by atoms with Crippen LogP contribution in [0.4, 0.5) is 5.69 Å². The van der Waals surface area contributed by atoms with Gasteiger partial charge >= 0.3 is 0 Å². The first-order chi connectivity index (χ1) is 11.8. The summed E-state index contributed by atoms with van der Waals surface area (Å²) < 4.78 is 24.2. The van der Waals surface area contributed by atoms with E-state index in [0.717, 1.165) is 29.7 Å². The van der Waals surface area contributed by atoms with Crippen molar-refractivity contribution in [3.8, 4) is 0 Å². The Labute approximate surface area is 153 Å². The van der Waals surface area contributed by atoms with Crippen molar-refractivity contribution in [3.05, 3.63) is 29.3 Å². The first kappa shape index (κ1) is 18.5. The summed E-state index contributed by atoms with van der Waals surface area (Å²) in [6.45, 7) is 6.06. The summed E-state index contributed by atoms with van der Waals surface area (Å²) in [5, 5.41) is 0.599. The lowest BCUT2D eigenvalue weighted by atomic mass is 10.1. The number of unbranched alkanes of at least 4 members (excludes halogenated alkanes) is 1. The second kappa shape index (κ2) is 7.11. The molecule has 0 aromatic heterocycles. The van der Waals surface area contributed by atoms with Gasteiger partial charge in [-0.2, -0.15) is 4.99 Å². The first-order valence-electron chi connectivity index (χ1n) is 8.66. The summed E-state index contributed by atoms with van der Waals surface area (Å²) in [5.74, 6) is 0.161. The highest BCUT2D eigenvalue weighted by Crippen LogP contribution is 2.42. The molecule has 2 saturated heterocycles. The standard InChI is InChI=1S/C18H24N2O3S2/c1-4-5-6-17(21)19-18-20(14-9-12(2)7-8-13(14)3)15-10-25(22,23)11-16(15)24-18/h7-9,15-16H,4-6,10-11H2,1-3H3/t15-,16+/m0/s1. The number of aryl methyl sites for hydroxylation is 2. The molecule has 2 aliphatic rings. The molecule has 25 heavy (non-hydrogen) atoms. The normalized spacial score (nSPS) is 26.2. The molecule has 0 unspecified atom stereocenters. The molecule has 1 aromatic carbocycles. The summed E-state index contributed by atoms with van der Waals surface area (Å²) in [6.07, 6.45) is 2.22. The molecule has 1 amide bonds. The maximum atomic E-state index is 12.2. The number of nitrogens with zero attached hydrogens (tertiary/aromatic N) is 2. The van der Waals surface area contributed by atoms with Crippen LogP contribution in [-0.4, -0.2) is 42.3 Å². The van der Waals surface area contributed by atoms with Gasteiger partial charge in [0.15, 0.2) is 15.0 Å². The van der Waals surface area contributed by atoms with E-state index in [0.29, 0.717) is 11.6 Å². The van der Waals surface area contributed by atoms with Gasteiger partial charge in [0.2, 0.25) is 5.91 Å². The van der Waals surface area contributed by atoms with Gasteiger partial charge in [0.05, 0.1) is 17.5 Å². The minimum Gasteiger partial charge on any atom is -0.315 e. The number of rotatable bonds is 4. The van der Waals surface area contributed by atoms with Crippen molar-refractivity contribution in [2.45, 2.75) is 51.3 Å². The second-order valence-corrected chi connectivity index (χ2v) is 10.2. The molecular weight excluding hydrogens is 356 g/mol. The Kier molecular flexibility index (Phi) is 5.25. The SMILES string of the molecule is CCCCC(=O)N=C1S[C@@H]2CS(=O)(=O)C[C@@H]2N1c1cc(C)ccc1C. The Balaban J connectivity index is 1.99. The number of benzene rings is 1. The Morgan fingerprint density at radius 3 is 2.80 bits per heavy atom. The fourth-order valence-corrected chi connectivity index (χ4v) is 7.24. The molecule has 7 heteroatoms. The van der Waals surface area contributed by atoms with E-state index < -0.39 is 9.84 Å². The van der Waals surface area contributed by atoms with Crippen LogP contribution >= 0.6 is 11.8 Å². The minimum absolute atomic E-state index is 0.0531. The summed E-state index contributed by atoms with van der Waals surface area (Å²) >= 11 is 1.44. The number of hydrogen-bond acceptors (Lipinski definition) is 4. The van der Waals surface area contributed by atoms with Crippen LogP contribution < -0.4 is 4.90 Å². The summed E-state index contributed by atoms with van der Waals surface area (Å²) in [7, 11) is -3.04. The van der Waals surface area contributed by atoms with Gasteiger partial charge in [-0.25, -0.2) is 8.42 Å². The quantitative estimate of drug-likeness (QED) is 0.803. The number of aliphatic imine (C=N–C) groups is 1. The van der Waals surface area contributed by atoms with Crippen molar-refractivity contribution in [3.63, 3.8) is 0 Å². The third-order valence-corrected chi connectivity index (χ3v) is 7.87. The van der Waals surface area contributed by atoms with Crippen molar-refractivity contribution >= 4 is 38.4 Å². The van der Waals surface area contributed by atoms with Crippen molar-refractivity contribution < 1.29 is 13.2 Å². The zero-order valence-corrected chi connectivity index (χ0v) is 16.5. The fraction of sp³-hybridized carbons (Fsp3) is 0.556. The van der Waals surface area contributed by atoms with Crippen molar-refractivity contribution in [2.75, 3.05) is 16.4 Å². The molecule has 2 fully saturated rings. The van der Waals surface area contributed by atoms with E-state index in [1.54, 1.807) is 0 Å². The van der Waals surface area contributed by atoms with E-state index in [9.17, 15) is 13.2 Å². The zero-order chi connectivity index (χ0) is 18.2. The number of carbonyl (C=O) groups is 1. The van der Waals surface area contributed by atoms with Gasteiger partial charge in [-0.1, -0.05) is 37.2 Å². The molecule has 136 valence electrons. The molecule has 0 N–H and O–H groups in total. The van der Waals surface area contributed by atoms with Crippen LogP contribution in [0.1, 0.15) is 37.3 Å². The number of carbonyl (C=O) groups excluding carboxylic acids is 1. The molecule has 0 spiro atoms. The Morgan fingerprint density at radius 1 is 1.32 bits per heavy atom. The third-order valence-electron chi connectivity index (χ3n) is 4.66. The third kappa shape index (κ3) is 3.92. The van der Waals surface area contributed by atoms with Crippen LogP contribution in [0.2, 0.25) is 0 Å². The molecule has 0 radical (unpaired) electrons. The monoisotopic (exact) mass is 380 g/mol. The van der Waals surface area contributed by atoms with E-state index in [1.807, 2.05) is 37.8 Å². The van der Waals surface area contributed by atoms with Crippen LogP contribution in [0.25, 0.3) is 0 Å². The predicted molar refractivity (Wildman–Crippen MR) is 104 cm³/mol. The Hall–Kier alpha value is -1.34. The zero-order valence-electron chi connectivity index (χ0n) is 14.9. The van der Waals surface area contributed by atoms with Gasteiger partial charge in [-0.15, -0.1) is 0 Å². The molecule has 2 heterocycles. The maximum Gasteiger partial charge on any atom is 0.248 e. The van der Waals surface area contributed by atoms with Gasteiger partial charge in [0.1, 0.15) is 0 Å². The lowest BCUT2D eigenvalue weighted by molar-refractivity contribution is -0.117. The average molecular weight is 381 g/mol. The van der Waals surface area contributed by atoms with Crippen LogP contribution in [0.3, 0.4) is 0 Å². The number of anilines is 1. The van der Waals surface area contributed by atoms with Gasteiger partial charge < -0.3 is 4.90 Å². The minimum atomic E-state index is -3.04. The van der Waals surface area contributed by atoms with Gasteiger partial charge in [-0.05, 0) is 37.5 Å². The van der Waals surface area contributed by atoms with Crippen LogP contribution in [0.15, 0.2) is 23.2 Å². The van der Waals surface area contributed by atoms with E-state index in [1.165, 1.54) is 11.8 Å². The van der Waals surface area contributed by atoms with Gasteiger partial charge in [0, 0.05) is 17.4 Å². The Bertz CT molecular complexity index is 818. The lowest BCUT2D eigenvalue weighted by Gasteiger charge is -2.26. The number of hydrogen-bond donors (Lipinski definition) is 0. The van der Waals surface area contributed by atoms with E-state index >= 15 is 0 Å². The summed E-state index contributed by atoms with van der Waals surface area (Å²) in [5.41, 5.74) is 3.12. The molecule has 1 aromatic rings. The van der Waals surface area contributed by atoms with Crippen LogP contribution in [0.5, 0.6) is 0 Å². The van der Waals surface area contributed by atoms with Crippen molar-refractivity contribution in [1.29, 1.82) is 0 Å². The molecule has 5 nitrogen and oxygen atoms in total. The highest BCUT2D eigenvalue weighted by molar-refractivity contribution is 8.16. The van der Waals surface area contributed by atoms with Gasteiger partial charge in [-0.3, -0.25) is 4.79 Å². The largest absolute Gasteiger partial charge is 0.315 e. The highest BCUT2D eigenvalue weighted by atomic mass is 32.2. The maximum absolute atomic E-state index is 12.2. The molecule has 0 saturated carbocycles. The lowest BCUT2D eigenvalue weighted by Crippen LogP contribution is -2.38. The smallest absolute Gasteiger partial charge is 0.248 e.